The Balaban J connectivity index is 2.02. The summed E-state index contributed by atoms with van der Waals surface area (Å²) in [7, 11) is 0. The molecule has 0 atom stereocenters. The lowest BCUT2D eigenvalue weighted by molar-refractivity contribution is 0.762. The Hall–Kier alpha value is -2.69. The summed E-state index contributed by atoms with van der Waals surface area (Å²) in [6.45, 7) is 7.75. The van der Waals surface area contributed by atoms with Gasteiger partial charge in [-0.1, -0.05) is 29.8 Å². The van der Waals surface area contributed by atoms with E-state index in [1.807, 2.05) is 26.8 Å². The van der Waals surface area contributed by atoms with E-state index in [0.29, 0.717) is 12.4 Å². The van der Waals surface area contributed by atoms with E-state index in [0.717, 1.165) is 28.2 Å². The second-order valence-electron chi connectivity index (χ2n) is 5.97. The van der Waals surface area contributed by atoms with E-state index in [4.69, 9.17) is 0 Å². The summed E-state index contributed by atoms with van der Waals surface area (Å²) >= 11 is 0. The lowest BCUT2D eigenvalue weighted by Gasteiger charge is -2.02. The molecule has 0 unspecified atom stereocenters. The topological polar surface area (TPSA) is 63.6 Å². The van der Waals surface area contributed by atoms with Crippen LogP contribution in [-0.2, 0) is 6.42 Å². The highest BCUT2D eigenvalue weighted by Gasteiger charge is 2.15. The first kappa shape index (κ1) is 15.2. The minimum atomic E-state index is -0.0897. The lowest BCUT2D eigenvalue weighted by Crippen LogP contribution is -2.20. The standard InChI is InChI=1S/C18H20N4O/c1-11-5-7-15(8-6-11)10-16-14(4)21-22(17(16)23)18-19-12(2)9-13(3)20-18/h5-9,21H,10H2,1-4H3. The fourth-order valence-corrected chi connectivity index (χ4v) is 2.65. The minimum absolute atomic E-state index is 0.0897. The Bertz CT molecular complexity index is 884. The number of H-pyrrole nitrogens is 1. The van der Waals surface area contributed by atoms with E-state index in [2.05, 4.69) is 46.3 Å². The van der Waals surface area contributed by atoms with Crippen molar-refractivity contribution in [1.29, 1.82) is 0 Å². The van der Waals surface area contributed by atoms with Gasteiger partial charge in [-0.05, 0) is 39.3 Å². The number of aromatic amines is 1. The van der Waals surface area contributed by atoms with Gasteiger partial charge in [-0.2, -0.15) is 4.68 Å². The van der Waals surface area contributed by atoms with Gasteiger partial charge in [0.1, 0.15) is 0 Å². The average molecular weight is 308 g/mol. The number of benzene rings is 1. The normalized spacial score (nSPS) is 11.0. The maximum atomic E-state index is 12.7. The van der Waals surface area contributed by atoms with Gasteiger partial charge in [0, 0.05) is 29.1 Å². The number of rotatable bonds is 3. The Morgan fingerprint density at radius 3 is 2.22 bits per heavy atom. The van der Waals surface area contributed by atoms with Crippen LogP contribution in [0, 0.1) is 27.7 Å². The minimum Gasteiger partial charge on any atom is -0.292 e. The number of nitrogens with one attached hydrogen (secondary N) is 1. The molecule has 118 valence electrons. The number of nitrogens with zero attached hydrogens (tertiary/aromatic N) is 3. The molecule has 2 aromatic heterocycles. The second kappa shape index (κ2) is 5.83. The average Bonchev–Trinajstić information content (AvgIpc) is 2.76. The Kier molecular flexibility index (Phi) is 3.86. The van der Waals surface area contributed by atoms with Crippen molar-refractivity contribution in [2.75, 3.05) is 0 Å². The summed E-state index contributed by atoms with van der Waals surface area (Å²) in [6.07, 6.45) is 0.596. The summed E-state index contributed by atoms with van der Waals surface area (Å²) in [5.74, 6) is 0.394. The zero-order chi connectivity index (χ0) is 16.6. The Morgan fingerprint density at radius 2 is 1.61 bits per heavy atom. The van der Waals surface area contributed by atoms with Crippen molar-refractivity contribution in [2.45, 2.75) is 34.1 Å². The van der Waals surface area contributed by atoms with Crippen LogP contribution < -0.4 is 5.56 Å². The maximum Gasteiger partial charge on any atom is 0.277 e. The van der Waals surface area contributed by atoms with Gasteiger partial charge in [0.2, 0.25) is 0 Å². The van der Waals surface area contributed by atoms with Crippen LogP contribution in [0.3, 0.4) is 0 Å². The summed E-state index contributed by atoms with van der Waals surface area (Å²) in [6, 6.07) is 10.1. The third kappa shape index (κ3) is 3.08. The monoisotopic (exact) mass is 308 g/mol. The molecule has 0 fully saturated rings. The lowest BCUT2D eigenvalue weighted by atomic mass is 10.0. The molecule has 23 heavy (non-hydrogen) atoms. The molecular formula is C18H20N4O. The molecule has 0 saturated carbocycles. The van der Waals surface area contributed by atoms with E-state index < -0.39 is 0 Å². The van der Waals surface area contributed by atoms with Crippen molar-refractivity contribution >= 4 is 0 Å². The van der Waals surface area contributed by atoms with E-state index in [1.54, 1.807) is 0 Å². The number of aryl methyl sites for hydroxylation is 4. The van der Waals surface area contributed by atoms with Crippen molar-refractivity contribution in [3.8, 4) is 5.95 Å². The van der Waals surface area contributed by atoms with Crippen molar-refractivity contribution in [3.05, 3.63) is 74.5 Å². The first-order valence-electron chi connectivity index (χ1n) is 7.63. The van der Waals surface area contributed by atoms with E-state index >= 15 is 0 Å². The van der Waals surface area contributed by atoms with Gasteiger partial charge in [-0.3, -0.25) is 9.89 Å². The first-order chi connectivity index (χ1) is 10.9. The van der Waals surface area contributed by atoms with Crippen molar-refractivity contribution in [2.24, 2.45) is 0 Å². The maximum absolute atomic E-state index is 12.7. The highest BCUT2D eigenvalue weighted by Crippen LogP contribution is 2.12. The van der Waals surface area contributed by atoms with Gasteiger partial charge in [0.15, 0.2) is 0 Å². The largest absolute Gasteiger partial charge is 0.292 e. The molecule has 0 aliphatic heterocycles. The van der Waals surface area contributed by atoms with Crippen molar-refractivity contribution in [3.63, 3.8) is 0 Å². The van der Waals surface area contributed by atoms with E-state index in [-0.39, 0.29) is 5.56 Å². The van der Waals surface area contributed by atoms with Gasteiger partial charge in [-0.25, -0.2) is 9.97 Å². The molecule has 0 spiro atoms. The highest BCUT2D eigenvalue weighted by molar-refractivity contribution is 5.31. The van der Waals surface area contributed by atoms with E-state index in [1.165, 1.54) is 10.2 Å². The van der Waals surface area contributed by atoms with Gasteiger partial charge in [0.25, 0.3) is 11.5 Å². The van der Waals surface area contributed by atoms with Crippen LogP contribution in [0.5, 0.6) is 0 Å². The van der Waals surface area contributed by atoms with Crippen molar-refractivity contribution < 1.29 is 0 Å². The predicted octanol–water partition coefficient (Wildman–Crippen LogP) is 2.78. The van der Waals surface area contributed by atoms with Crippen LogP contribution in [0.25, 0.3) is 5.95 Å². The number of aromatic nitrogens is 4. The fourth-order valence-electron chi connectivity index (χ4n) is 2.65. The van der Waals surface area contributed by atoms with E-state index in [9.17, 15) is 4.79 Å². The number of hydrogen-bond acceptors (Lipinski definition) is 3. The third-order valence-corrected chi connectivity index (χ3v) is 3.87. The molecular weight excluding hydrogens is 288 g/mol. The highest BCUT2D eigenvalue weighted by atomic mass is 16.1. The van der Waals surface area contributed by atoms with Gasteiger partial charge < -0.3 is 0 Å². The van der Waals surface area contributed by atoms with Crippen molar-refractivity contribution in [1.82, 2.24) is 19.7 Å². The van der Waals surface area contributed by atoms with Gasteiger partial charge in [-0.15, -0.1) is 0 Å². The zero-order valence-electron chi connectivity index (χ0n) is 13.8. The first-order valence-corrected chi connectivity index (χ1v) is 7.63. The second-order valence-corrected chi connectivity index (χ2v) is 5.97. The van der Waals surface area contributed by atoms with Crippen LogP contribution in [-0.4, -0.2) is 19.7 Å². The zero-order valence-corrected chi connectivity index (χ0v) is 13.8. The van der Waals surface area contributed by atoms with Crippen LogP contribution in [0.2, 0.25) is 0 Å². The molecule has 0 amide bonds. The Morgan fingerprint density at radius 1 is 1.00 bits per heavy atom. The number of hydrogen-bond donors (Lipinski definition) is 1. The molecule has 0 saturated heterocycles. The third-order valence-electron chi connectivity index (χ3n) is 3.87. The molecule has 5 nitrogen and oxygen atoms in total. The summed E-state index contributed by atoms with van der Waals surface area (Å²) < 4.78 is 1.43. The molecule has 2 heterocycles. The summed E-state index contributed by atoms with van der Waals surface area (Å²) in [4.78, 5) is 21.5. The Labute approximate surface area is 135 Å². The predicted molar refractivity (Wildman–Crippen MR) is 90.2 cm³/mol. The molecule has 3 aromatic rings. The van der Waals surface area contributed by atoms with Crippen LogP contribution in [0.15, 0.2) is 35.1 Å². The SMILES string of the molecule is Cc1ccc(Cc2c(C)[nH]n(-c3nc(C)cc(C)n3)c2=O)cc1. The van der Waals surface area contributed by atoms with Crippen LogP contribution in [0.1, 0.15) is 33.8 Å². The molecule has 0 radical (unpaired) electrons. The molecule has 5 heteroatoms. The van der Waals surface area contributed by atoms with Crippen LogP contribution >= 0.6 is 0 Å². The molecule has 0 aliphatic rings. The molecule has 0 bridgehead atoms. The van der Waals surface area contributed by atoms with Gasteiger partial charge in [0.05, 0.1) is 0 Å². The summed E-state index contributed by atoms with van der Waals surface area (Å²) in [5.41, 5.74) is 5.50. The fraction of sp³-hybridized carbons (Fsp3) is 0.278. The molecule has 1 aromatic carbocycles. The summed E-state index contributed by atoms with van der Waals surface area (Å²) in [5, 5.41) is 3.09. The molecule has 1 N–H and O–H groups in total. The van der Waals surface area contributed by atoms with Gasteiger partial charge >= 0.3 is 0 Å². The quantitative estimate of drug-likeness (QED) is 0.809. The smallest absolute Gasteiger partial charge is 0.277 e. The molecule has 3 rings (SSSR count). The molecule has 0 aliphatic carbocycles. The van der Waals surface area contributed by atoms with Crippen LogP contribution in [0.4, 0.5) is 0 Å².